The van der Waals surface area contributed by atoms with Crippen LogP contribution in [0.1, 0.15) is 12.0 Å². The second-order valence-corrected chi connectivity index (χ2v) is 2.96. The molecule has 1 rings (SSSR count). The average molecular weight is 231 g/mol. The van der Waals surface area contributed by atoms with Crippen molar-refractivity contribution in [1.82, 2.24) is 0 Å². The molecule has 0 atom stereocenters. The molecule has 1 aromatic carbocycles. The SMILES string of the molecule is COC(=O)CC#Cc1ccccc1N=C=S. The molecule has 0 bridgehead atoms. The van der Waals surface area contributed by atoms with Crippen LogP contribution < -0.4 is 0 Å². The van der Waals surface area contributed by atoms with Gasteiger partial charge in [-0.3, -0.25) is 4.79 Å². The molecule has 3 nitrogen and oxygen atoms in total. The Bertz CT molecular complexity index is 493. The van der Waals surface area contributed by atoms with Gasteiger partial charge in [-0.15, -0.1) is 0 Å². The molecule has 16 heavy (non-hydrogen) atoms. The molecule has 0 amide bonds. The number of isothiocyanates is 1. The van der Waals surface area contributed by atoms with Gasteiger partial charge in [0.05, 0.1) is 23.5 Å². The number of methoxy groups -OCH3 is 1. The summed E-state index contributed by atoms with van der Waals surface area (Å²) < 4.78 is 4.47. The monoisotopic (exact) mass is 231 g/mol. The Labute approximate surface area is 99.1 Å². The molecular formula is C12H9NO2S. The number of hydrogen-bond acceptors (Lipinski definition) is 4. The Morgan fingerprint density at radius 2 is 2.25 bits per heavy atom. The fourth-order valence-corrected chi connectivity index (χ4v) is 1.11. The van der Waals surface area contributed by atoms with Crippen LogP contribution in [0.3, 0.4) is 0 Å². The van der Waals surface area contributed by atoms with Crippen LogP contribution >= 0.6 is 12.2 Å². The van der Waals surface area contributed by atoms with Crippen LogP contribution in [0.15, 0.2) is 29.3 Å². The van der Waals surface area contributed by atoms with Crippen molar-refractivity contribution in [3.63, 3.8) is 0 Å². The molecule has 0 unspecified atom stereocenters. The summed E-state index contributed by atoms with van der Waals surface area (Å²) in [5.74, 6) is 5.18. The van der Waals surface area contributed by atoms with Crippen molar-refractivity contribution in [1.29, 1.82) is 0 Å². The summed E-state index contributed by atoms with van der Waals surface area (Å²) in [7, 11) is 1.33. The summed E-state index contributed by atoms with van der Waals surface area (Å²) in [4.78, 5) is 14.7. The van der Waals surface area contributed by atoms with Crippen molar-refractivity contribution >= 4 is 29.0 Å². The Hall–Kier alpha value is -1.95. The Kier molecular flexibility index (Phi) is 4.94. The minimum atomic E-state index is -0.358. The molecule has 0 heterocycles. The molecule has 0 aliphatic rings. The number of para-hydroxylation sites is 1. The Morgan fingerprint density at radius 1 is 1.50 bits per heavy atom. The van der Waals surface area contributed by atoms with Crippen molar-refractivity contribution < 1.29 is 9.53 Å². The highest BCUT2D eigenvalue weighted by Crippen LogP contribution is 2.16. The standard InChI is InChI=1S/C12H9NO2S/c1-15-12(14)8-4-6-10-5-2-3-7-11(10)13-9-16/h2-3,5,7H,8H2,1H3. The largest absolute Gasteiger partial charge is 0.468 e. The van der Waals surface area contributed by atoms with Crippen LogP contribution in [-0.2, 0) is 9.53 Å². The number of benzene rings is 1. The highest BCUT2D eigenvalue weighted by Gasteiger charge is 1.97. The summed E-state index contributed by atoms with van der Waals surface area (Å²) in [6, 6.07) is 7.25. The highest BCUT2D eigenvalue weighted by molar-refractivity contribution is 7.78. The normalized spacial score (nSPS) is 8.31. The van der Waals surface area contributed by atoms with E-state index in [-0.39, 0.29) is 12.4 Å². The maximum Gasteiger partial charge on any atom is 0.317 e. The van der Waals surface area contributed by atoms with E-state index in [0.717, 1.165) is 0 Å². The summed E-state index contributed by atoms with van der Waals surface area (Å²) in [6.45, 7) is 0. The fraction of sp³-hybridized carbons (Fsp3) is 0.167. The lowest BCUT2D eigenvalue weighted by atomic mass is 10.2. The molecule has 0 spiro atoms. The van der Waals surface area contributed by atoms with Gasteiger partial charge in [-0.25, -0.2) is 0 Å². The van der Waals surface area contributed by atoms with E-state index in [1.54, 1.807) is 12.1 Å². The third-order valence-corrected chi connectivity index (χ3v) is 1.84. The third kappa shape index (κ3) is 3.66. The first-order valence-corrected chi connectivity index (χ1v) is 4.91. The number of aliphatic imine (C=N–C) groups is 1. The van der Waals surface area contributed by atoms with Gasteiger partial charge in [0.15, 0.2) is 0 Å². The molecule has 0 radical (unpaired) electrons. The number of carbonyl (C=O) groups is 1. The predicted molar refractivity (Wildman–Crippen MR) is 64.6 cm³/mol. The molecule has 0 fully saturated rings. The van der Waals surface area contributed by atoms with Crippen LogP contribution in [0, 0.1) is 11.8 Å². The topological polar surface area (TPSA) is 38.7 Å². The summed E-state index contributed by atoms with van der Waals surface area (Å²) in [6.07, 6.45) is 0.0616. The first-order chi connectivity index (χ1) is 7.77. The minimum Gasteiger partial charge on any atom is -0.468 e. The van der Waals surface area contributed by atoms with Crippen molar-refractivity contribution in [2.24, 2.45) is 4.99 Å². The smallest absolute Gasteiger partial charge is 0.317 e. The van der Waals surface area contributed by atoms with Crippen LogP contribution in [0.5, 0.6) is 0 Å². The van der Waals surface area contributed by atoms with E-state index in [2.05, 4.69) is 38.9 Å². The van der Waals surface area contributed by atoms with Crippen LogP contribution in [-0.4, -0.2) is 18.2 Å². The lowest BCUT2D eigenvalue weighted by Gasteiger charge is -1.94. The molecule has 1 aromatic rings. The van der Waals surface area contributed by atoms with Gasteiger partial charge in [-0.2, -0.15) is 4.99 Å². The summed E-state index contributed by atoms with van der Waals surface area (Å²) in [5, 5.41) is 2.28. The minimum absolute atomic E-state index is 0.0616. The average Bonchev–Trinajstić information content (AvgIpc) is 2.31. The van der Waals surface area contributed by atoms with E-state index in [1.165, 1.54) is 7.11 Å². The maximum atomic E-state index is 10.8. The Morgan fingerprint density at radius 3 is 2.94 bits per heavy atom. The number of nitrogens with zero attached hydrogens (tertiary/aromatic N) is 1. The number of esters is 1. The molecule has 0 aliphatic carbocycles. The zero-order valence-electron chi connectivity index (χ0n) is 8.69. The zero-order chi connectivity index (χ0) is 11.8. The Balaban J connectivity index is 2.87. The van der Waals surface area contributed by atoms with E-state index in [0.29, 0.717) is 11.3 Å². The first kappa shape index (κ1) is 12.1. The summed E-state index contributed by atoms with van der Waals surface area (Å²) >= 11 is 4.53. The van der Waals surface area contributed by atoms with Gasteiger partial charge >= 0.3 is 5.97 Å². The van der Waals surface area contributed by atoms with Crippen molar-refractivity contribution in [2.75, 3.05) is 7.11 Å². The van der Waals surface area contributed by atoms with E-state index < -0.39 is 0 Å². The van der Waals surface area contributed by atoms with E-state index in [4.69, 9.17) is 0 Å². The van der Waals surface area contributed by atoms with Crippen LogP contribution in [0.4, 0.5) is 5.69 Å². The zero-order valence-corrected chi connectivity index (χ0v) is 9.50. The van der Waals surface area contributed by atoms with Gasteiger partial charge in [0.1, 0.15) is 6.42 Å². The quantitative estimate of drug-likeness (QED) is 0.339. The molecule has 0 aliphatic heterocycles. The molecule has 0 saturated carbocycles. The molecule has 80 valence electrons. The van der Waals surface area contributed by atoms with Crippen molar-refractivity contribution in [3.05, 3.63) is 29.8 Å². The van der Waals surface area contributed by atoms with Gasteiger partial charge in [-0.05, 0) is 24.4 Å². The predicted octanol–water partition coefficient (Wildman–Crippen LogP) is 2.34. The van der Waals surface area contributed by atoms with E-state index >= 15 is 0 Å². The van der Waals surface area contributed by atoms with Crippen molar-refractivity contribution in [2.45, 2.75) is 6.42 Å². The van der Waals surface area contributed by atoms with E-state index in [1.807, 2.05) is 12.1 Å². The summed E-state index contributed by atoms with van der Waals surface area (Å²) in [5.41, 5.74) is 1.36. The molecule has 0 saturated heterocycles. The number of thiocarbonyl (C=S) groups is 1. The first-order valence-electron chi connectivity index (χ1n) is 4.50. The van der Waals surface area contributed by atoms with E-state index in [9.17, 15) is 4.79 Å². The molecular weight excluding hydrogens is 222 g/mol. The fourth-order valence-electron chi connectivity index (χ4n) is 1.01. The number of rotatable bonds is 2. The lowest BCUT2D eigenvalue weighted by molar-refractivity contribution is -0.139. The van der Waals surface area contributed by atoms with Crippen LogP contribution in [0.2, 0.25) is 0 Å². The van der Waals surface area contributed by atoms with Gasteiger partial charge in [0.2, 0.25) is 0 Å². The molecule has 4 heteroatoms. The number of hydrogen-bond donors (Lipinski definition) is 0. The number of carbonyl (C=O) groups excluding carboxylic acids is 1. The second-order valence-electron chi connectivity index (χ2n) is 2.77. The highest BCUT2D eigenvalue weighted by atomic mass is 32.1. The van der Waals surface area contributed by atoms with Crippen LogP contribution in [0.25, 0.3) is 0 Å². The molecule has 0 aromatic heterocycles. The van der Waals surface area contributed by atoms with Gasteiger partial charge < -0.3 is 4.74 Å². The van der Waals surface area contributed by atoms with Gasteiger partial charge in [-0.1, -0.05) is 24.0 Å². The maximum absolute atomic E-state index is 10.8. The van der Waals surface area contributed by atoms with Gasteiger partial charge in [0.25, 0.3) is 0 Å². The van der Waals surface area contributed by atoms with Gasteiger partial charge in [0, 0.05) is 0 Å². The number of ether oxygens (including phenoxy) is 1. The second kappa shape index (κ2) is 6.52. The van der Waals surface area contributed by atoms with Crippen molar-refractivity contribution in [3.8, 4) is 11.8 Å². The third-order valence-electron chi connectivity index (χ3n) is 1.75. The lowest BCUT2D eigenvalue weighted by Crippen LogP contribution is -1.96. The molecule has 0 N–H and O–H groups in total.